The van der Waals surface area contributed by atoms with Gasteiger partial charge in [-0.05, 0) is 42.2 Å². The van der Waals surface area contributed by atoms with Crippen molar-refractivity contribution in [3.05, 3.63) is 53.6 Å². The van der Waals surface area contributed by atoms with Crippen LogP contribution in [-0.4, -0.2) is 27.2 Å². The van der Waals surface area contributed by atoms with Crippen molar-refractivity contribution in [1.82, 2.24) is 5.32 Å². The number of benzene rings is 2. The van der Waals surface area contributed by atoms with Gasteiger partial charge in [0, 0.05) is 0 Å². The largest absolute Gasteiger partial charge is 0.497 e. The van der Waals surface area contributed by atoms with Crippen LogP contribution in [0.4, 0.5) is 0 Å². The zero-order valence-corrected chi connectivity index (χ0v) is 16.0. The van der Waals surface area contributed by atoms with Crippen molar-refractivity contribution in [3.8, 4) is 17.2 Å². The van der Waals surface area contributed by atoms with Crippen LogP contribution in [0, 0.1) is 5.92 Å². The number of ether oxygens (including phenoxy) is 3. The minimum Gasteiger partial charge on any atom is -0.497 e. The first kappa shape index (κ1) is 19.6. The summed E-state index contributed by atoms with van der Waals surface area (Å²) in [6, 6.07) is 12.9. The maximum Gasteiger partial charge on any atom is 0.259 e. The normalized spacial score (nSPS) is 11.8. The Balaban J connectivity index is 2.32. The van der Waals surface area contributed by atoms with Gasteiger partial charge in [-0.1, -0.05) is 32.0 Å². The van der Waals surface area contributed by atoms with E-state index in [0.717, 1.165) is 17.7 Å². The van der Waals surface area contributed by atoms with E-state index in [1.165, 1.54) is 0 Å². The van der Waals surface area contributed by atoms with Crippen LogP contribution in [0.1, 0.15) is 42.2 Å². The van der Waals surface area contributed by atoms with E-state index in [9.17, 15) is 4.79 Å². The molecule has 1 atom stereocenters. The minimum absolute atomic E-state index is 0.122. The zero-order valence-electron chi connectivity index (χ0n) is 16.0. The third-order valence-corrected chi connectivity index (χ3v) is 4.19. The van der Waals surface area contributed by atoms with Gasteiger partial charge in [0.1, 0.15) is 22.8 Å². The van der Waals surface area contributed by atoms with Gasteiger partial charge in [-0.25, -0.2) is 0 Å². The molecular weight excluding hydrogens is 330 g/mol. The average molecular weight is 357 g/mol. The molecular formula is C21H27NO4. The van der Waals surface area contributed by atoms with Crippen molar-refractivity contribution >= 4 is 5.91 Å². The van der Waals surface area contributed by atoms with Crippen LogP contribution in [0.5, 0.6) is 17.2 Å². The number of hydrogen-bond acceptors (Lipinski definition) is 4. The van der Waals surface area contributed by atoms with Crippen LogP contribution in [0.3, 0.4) is 0 Å². The van der Waals surface area contributed by atoms with E-state index < -0.39 is 0 Å². The van der Waals surface area contributed by atoms with Gasteiger partial charge in [-0.2, -0.15) is 0 Å². The van der Waals surface area contributed by atoms with Crippen LogP contribution in [0.15, 0.2) is 42.5 Å². The molecule has 0 heterocycles. The standard InChI is InChI=1S/C21H27NO4/c1-14(2)13-17(15-9-11-16(24-3)12-10-15)22-21(23)20-18(25-4)7-6-8-19(20)26-5/h6-12,14,17H,13H2,1-5H3,(H,22,23)/t17-/m1/s1. The highest BCUT2D eigenvalue weighted by atomic mass is 16.5. The topological polar surface area (TPSA) is 56.8 Å². The van der Waals surface area contributed by atoms with Crippen molar-refractivity contribution < 1.29 is 19.0 Å². The molecule has 2 rings (SSSR count). The van der Waals surface area contributed by atoms with Crippen LogP contribution in [-0.2, 0) is 0 Å². The number of rotatable bonds is 8. The number of hydrogen-bond donors (Lipinski definition) is 1. The predicted molar refractivity (Wildman–Crippen MR) is 102 cm³/mol. The van der Waals surface area contributed by atoms with Crippen LogP contribution >= 0.6 is 0 Å². The van der Waals surface area contributed by atoms with Gasteiger partial charge >= 0.3 is 0 Å². The van der Waals surface area contributed by atoms with Gasteiger partial charge in [0.2, 0.25) is 0 Å². The number of methoxy groups -OCH3 is 3. The quantitative estimate of drug-likeness (QED) is 0.768. The molecule has 0 fully saturated rings. The van der Waals surface area contributed by atoms with Gasteiger partial charge in [0.25, 0.3) is 5.91 Å². The number of carbonyl (C=O) groups is 1. The summed E-state index contributed by atoms with van der Waals surface area (Å²) < 4.78 is 15.9. The van der Waals surface area contributed by atoms with Crippen LogP contribution in [0.25, 0.3) is 0 Å². The molecule has 0 saturated heterocycles. The summed E-state index contributed by atoms with van der Waals surface area (Å²) in [5, 5.41) is 3.13. The molecule has 0 unspecified atom stereocenters. The molecule has 5 nitrogen and oxygen atoms in total. The van der Waals surface area contributed by atoms with Crippen molar-refractivity contribution in [2.75, 3.05) is 21.3 Å². The lowest BCUT2D eigenvalue weighted by Gasteiger charge is -2.22. The lowest BCUT2D eigenvalue weighted by atomic mass is 9.96. The first-order chi connectivity index (χ1) is 12.5. The lowest BCUT2D eigenvalue weighted by Crippen LogP contribution is -2.30. The molecule has 1 amide bonds. The first-order valence-corrected chi connectivity index (χ1v) is 8.66. The van der Waals surface area contributed by atoms with E-state index in [1.807, 2.05) is 24.3 Å². The van der Waals surface area contributed by atoms with Gasteiger partial charge in [0.15, 0.2) is 0 Å². The highest BCUT2D eigenvalue weighted by Crippen LogP contribution is 2.30. The fourth-order valence-corrected chi connectivity index (χ4v) is 2.89. The summed E-state index contributed by atoms with van der Waals surface area (Å²) in [5.74, 6) is 1.96. The molecule has 0 aromatic heterocycles. The Morgan fingerprint density at radius 2 is 1.50 bits per heavy atom. The van der Waals surface area contributed by atoms with Gasteiger partial charge in [0.05, 0.1) is 27.4 Å². The third-order valence-electron chi connectivity index (χ3n) is 4.19. The summed E-state index contributed by atoms with van der Waals surface area (Å²) in [6.07, 6.45) is 0.815. The molecule has 0 radical (unpaired) electrons. The molecule has 0 aliphatic heterocycles. The molecule has 140 valence electrons. The fraction of sp³-hybridized carbons (Fsp3) is 0.381. The predicted octanol–water partition coefficient (Wildman–Crippen LogP) is 4.23. The molecule has 2 aromatic rings. The van der Waals surface area contributed by atoms with Gasteiger partial charge in [-0.3, -0.25) is 4.79 Å². The third kappa shape index (κ3) is 4.69. The van der Waals surface area contributed by atoms with Crippen molar-refractivity contribution in [2.24, 2.45) is 5.92 Å². The van der Waals surface area contributed by atoms with Crippen molar-refractivity contribution in [1.29, 1.82) is 0 Å². The maximum absolute atomic E-state index is 13.0. The Morgan fingerprint density at radius 3 is 1.96 bits per heavy atom. The van der Waals surface area contributed by atoms with E-state index in [-0.39, 0.29) is 11.9 Å². The van der Waals surface area contributed by atoms with Gasteiger partial charge in [-0.15, -0.1) is 0 Å². The van der Waals surface area contributed by atoms with Crippen LogP contribution < -0.4 is 19.5 Å². The molecule has 0 bridgehead atoms. The monoisotopic (exact) mass is 357 g/mol. The van der Waals surface area contributed by atoms with E-state index in [0.29, 0.717) is 23.0 Å². The van der Waals surface area contributed by atoms with Crippen molar-refractivity contribution in [3.63, 3.8) is 0 Å². The summed E-state index contributed by atoms with van der Waals surface area (Å²) in [5.41, 5.74) is 1.43. The Hall–Kier alpha value is -2.69. The number of carbonyl (C=O) groups excluding carboxylic acids is 1. The highest BCUT2D eigenvalue weighted by molar-refractivity contribution is 6.00. The Bertz CT molecular complexity index is 703. The number of amides is 1. The fourth-order valence-electron chi connectivity index (χ4n) is 2.89. The number of nitrogens with one attached hydrogen (secondary N) is 1. The first-order valence-electron chi connectivity index (χ1n) is 8.66. The molecule has 0 aliphatic rings. The molecule has 26 heavy (non-hydrogen) atoms. The highest BCUT2D eigenvalue weighted by Gasteiger charge is 2.22. The van der Waals surface area contributed by atoms with E-state index >= 15 is 0 Å². The average Bonchev–Trinajstić information content (AvgIpc) is 2.66. The van der Waals surface area contributed by atoms with E-state index in [2.05, 4.69) is 19.2 Å². The van der Waals surface area contributed by atoms with E-state index in [4.69, 9.17) is 14.2 Å². The van der Waals surface area contributed by atoms with Gasteiger partial charge < -0.3 is 19.5 Å². The molecule has 0 saturated carbocycles. The Labute approximate surface area is 155 Å². The molecule has 2 aromatic carbocycles. The minimum atomic E-state index is -0.222. The second kappa shape index (κ2) is 9.13. The smallest absolute Gasteiger partial charge is 0.259 e. The Morgan fingerprint density at radius 1 is 0.923 bits per heavy atom. The second-order valence-electron chi connectivity index (χ2n) is 6.47. The van der Waals surface area contributed by atoms with Crippen LogP contribution in [0.2, 0.25) is 0 Å². The molecule has 0 spiro atoms. The van der Waals surface area contributed by atoms with Crippen molar-refractivity contribution in [2.45, 2.75) is 26.3 Å². The maximum atomic E-state index is 13.0. The summed E-state index contributed by atoms with van der Waals surface area (Å²) in [4.78, 5) is 13.0. The van der Waals surface area contributed by atoms with E-state index in [1.54, 1.807) is 39.5 Å². The Kier molecular flexibility index (Phi) is 6.89. The molecule has 1 N–H and O–H groups in total. The lowest BCUT2D eigenvalue weighted by molar-refractivity contribution is 0.0925. The summed E-state index contributed by atoms with van der Waals surface area (Å²) in [7, 11) is 4.72. The summed E-state index contributed by atoms with van der Waals surface area (Å²) in [6.45, 7) is 4.26. The SMILES string of the molecule is COc1ccc([C@@H](CC(C)C)NC(=O)c2c(OC)cccc2OC)cc1. The molecule has 5 heteroatoms. The zero-order chi connectivity index (χ0) is 19.1. The second-order valence-corrected chi connectivity index (χ2v) is 6.47. The summed E-state index contributed by atoms with van der Waals surface area (Å²) >= 11 is 0. The molecule has 0 aliphatic carbocycles.